The molecule has 0 radical (unpaired) electrons. The van der Waals surface area contributed by atoms with Crippen LogP contribution in [0.1, 0.15) is 12.8 Å². The Morgan fingerprint density at radius 2 is 2.04 bits per heavy atom. The van der Waals surface area contributed by atoms with Crippen molar-refractivity contribution in [1.82, 2.24) is 9.97 Å². The van der Waals surface area contributed by atoms with Gasteiger partial charge in [-0.2, -0.15) is 4.98 Å². The van der Waals surface area contributed by atoms with Crippen LogP contribution in [0.25, 0.3) is 0 Å². The zero-order valence-corrected chi connectivity index (χ0v) is 13.5. The topological polar surface area (TPSA) is 59.1 Å². The van der Waals surface area contributed by atoms with E-state index in [1.54, 1.807) is 13.2 Å². The number of benzene rings is 1. The van der Waals surface area contributed by atoms with Crippen molar-refractivity contribution in [1.29, 1.82) is 0 Å². The van der Waals surface area contributed by atoms with Gasteiger partial charge in [0.25, 0.3) is 0 Å². The molecule has 0 amide bonds. The highest BCUT2D eigenvalue weighted by molar-refractivity contribution is 6.29. The second-order valence-corrected chi connectivity index (χ2v) is 5.41. The highest BCUT2D eigenvalue weighted by Gasteiger charge is 2.06. The monoisotopic (exact) mass is 328 g/mol. The first-order valence-corrected chi connectivity index (χ1v) is 7.70. The molecule has 0 bridgehead atoms. The molecule has 1 aromatic heterocycles. The Kier molecular flexibility index (Phi) is 4.78. The first-order valence-electron chi connectivity index (χ1n) is 7.32. The third-order valence-corrected chi connectivity index (χ3v) is 3.48. The zero-order valence-electron chi connectivity index (χ0n) is 12.7. The van der Waals surface area contributed by atoms with Gasteiger partial charge in [-0.25, -0.2) is 4.98 Å². The summed E-state index contributed by atoms with van der Waals surface area (Å²) in [5, 5.41) is 6.75. The predicted octanol–water partition coefficient (Wildman–Crippen LogP) is 4.53. The number of rotatable bonds is 5. The van der Waals surface area contributed by atoms with Gasteiger partial charge in [-0.3, -0.25) is 0 Å². The standard InChI is InChI=1S/C17H17ClN4O/c1-23-14-9-5-8-13(10-14)20-17-21-15(18)11-16(22-17)19-12-6-3-2-4-7-12/h3,5-11H,2,4H2,1H3,(H2,19,20,21,22). The number of ether oxygens (including phenoxy) is 1. The molecule has 0 saturated carbocycles. The van der Waals surface area contributed by atoms with Crippen LogP contribution in [-0.2, 0) is 0 Å². The number of aromatic nitrogens is 2. The molecule has 0 unspecified atom stereocenters. The molecule has 1 aromatic carbocycles. The minimum Gasteiger partial charge on any atom is -0.497 e. The van der Waals surface area contributed by atoms with E-state index in [2.05, 4.69) is 32.8 Å². The number of nitrogens with zero attached hydrogens (tertiary/aromatic N) is 2. The van der Waals surface area contributed by atoms with Gasteiger partial charge in [-0.05, 0) is 31.1 Å². The Bertz CT molecular complexity index is 758. The molecule has 1 aliphatic rings. The van der Waals surface area contributed by atoms with Crippen molar-refractivity contribution in [3.05, 3.63) is 59.4 Å². The maximum atomic E-state index is 6.10. The lowest BCUT2D eigenvalue weighted by Gasteiger charge is -2.12. The molecule has 2 N–H and O–H groups in total. The first kappa shape index (κ1) is 15.4. The van der Waals surface area contributed by atoms with Crippen LogP contribution in [0.5, 0.6) is 5.75 Å². The molecule has 23 heavy (non-hydrogen) atoms. The van der Waals surface area contributed by atoms with Gasteiger partial charge in [0.05, 0.1) is 7.11 Å². The molecule has 1 heterocycles. The summed E-state index contributed by atoms with van der Waals surface area (Å²) in [6.45, 7) is 0. The Hall–Kier alpha value is -2.53. The van der Waals surface area contributed by atoms with E-state index in [1.165, 1.54) is 0 Å². The third kappa shape index (κ3) is 4.23. The summed E-state index contributed by atoms with van der Waals surface area (Å²) >= 11 is 6.10. The SMILES string of the molecule is COc1cccc(Nc2nc(Cl)cc(NC3=CCCC=C3)n2)c1. The molecule has 0 spiro atoms. The zero-order chi connectivity index (χ0) is 16.1. The van der Waals surface area contributed by atoms with Crippen LogP contribution in [0.15, 0.2) is 54.3 Å². The number of nitrogens with one attached hydrogen (secondary N) is 2. The molecule has 5 nitrogen and oxygen atoms in total. The highest BCUT2D eigenvalue weighted by atomic mass is 35.5. The van der Waals surface area contributed by atoms with Gasteiger partial charge in [0.1, 0.15) is 16.7 Å². The van der Waals surface area contributed by atoms with E-state index >= 15 is 0 Å². The summed E-state index contributed by atoms with van der Waals surface area (Å²) in [6.07, 6.45) is 8.38. The number of allylic oxidation sites excluding steroid dienone is 3. The largest absolute Gasteiger partial charge is 0.497 e. The van der Waals surface area contributed by atoms with Gasteiger partial charge in [-0.15, -0.1) is 0 Å². The molecule has 6 heteroatoms. The Labute approximate surface area is 140 Å². The summed E-state index contributed by atoms with van der Waals surface area (Å²) in [6, 6.07) is 9.24. The van der Waals surface area contributed by atoms with E-state index in [4.69, 9.17) is 16.3 Å². The molecule has 0 fully saturated rings. The normalized spacial score (nSPS) is 13.4. The summed E-state index contributed by atoms with van der Waals surface area (Å²) in [7, 11) is 1.63. The molecule has 2 aromatic rings. The average Bonchev–Trinajstić information content (AvgIpc) is 2.55. The summed E-state index contributed by atoms with van der Waals surface area (Å²) in [4.78, 5) is 8.65. The minimum absolute atomic E-state index is 0.369. The number of anilines is 3. The summed E-state index contributed by atoms with van der Waals surface area (Å²) < 4.78 is 5.21. The van der Waals surface area contributed by atoms with E-state index in [0.717, 1.165) is 30.0 Å². The second kappa shape index (κ2) is 7.15. The lowest BCUT2D eigenvalue weighted by molar-refractivity contribution is 0.415. The lowest BCUT2D eigenvalue weighted by Crippen LogP contribution is -2.04. The smallest absolute Gasteiger partial charge is 0.230 e. The van der Waals surface area contributed by atoms with Gasteiger partial charge in [0.2, 0.25) is 5.95 Å². The van der Waals surface area contributed by atoms with Crippen LogP contribution in [-0.4, -0.2) is 17.1 Å². The quantitative estimate of drug-likeness (QED) is 0.790. The van der Waals surface area contributed by atoms with Crippen LogP contribution < -0.4 is 15.4 Å². The lowest BCUT2D eigenvalue weighted by atomic mass is 10.1. The van der Waals surface area contributed by atoms with Crippen LogP contribution in [0.4, 0.5) is 17.5 Å². The molecule has 0 atom stereocenters. The van der Waals surface area contributed by atoms with Crippen LogP contribution in [0, 0.1) is 0 Å². The number of hydrogen-bond acceptors (Lipinski definition) is 5. The van der Waals surface area contributed by atoms with E-state index < -0.39 is 0 Å². The molecule has 3 rings (SSSR count). The fourth-order valence-corrected chi connectivity index (χ4v) is 2.40. The van der Waals surface area contributed by atoms with E-state index in [0.29, 0.717) is 16.9 Å². The molecule has 1 aliphatic carbocycles. The minimum atomic E-state index is 0.369. The van der Waals surface area contributed by atoms with E-state index in [9.17, 15) is 0 Å². The summed E-state index contributed by atoms with van der Waals surface area (Å²) in [5.41, 5.74) is 1.84. The molecule has 118 valence electrons. The van der Waals surface area contributed by atoms with Crippen molar-refractivity contribution >= 4 is 29.1 Å². The van der Waals surface area contributed by atoms with E-state index in [1.807, 2.05) is 30.3 Å². The molecule has 0 saturated heterocycles. The van der Waals surface area contributed by atoms with Crippen molar-refractivity contribution in [3.8, 4) is 5.75 Å². The van der Waals surface area contributed by atoms with Gasteiger partial charge < -0.3 is 15.4 Å². The summed E-state index contributed by atoms with van der Waals surface area (Å²) in [5.74, 6) is 1.83. The van der Waals surface area contributed by atoms with Crippen LogP contribution in [0.3, 0.4) is 0 Å². The predicted molar refractivity (Wildman–Crippen MR) is 93.4 cm³/mol. The van der Waals surface area contributed by atoms with Crippen molar-refractivity contribution in [2.75, 3.05) is 17.7 Å². The van der Waals surface area contributed by atoms with Crippen molar-refractivity contribution in [2.24, 2.45) is 0 Å². The Balaban J connectivity index is 1.79. The third-order valence-electron chi connectivity index (χ3n) is 3.29. The van der Waals surface area contributed by atoms with Crippen LogP contribution >= 0.6 is 11.6 Å². The average molecular weight is 329 g/mol. The van der Waals surface area contributed by atoms with Crippen molar-refractivity contribution < 1.29 is 4.74 Å². The molecular weight excluding hydrogens is 312 g/mol. The van der Waals surface area contributed by atoms with Crippen molar-refractivity contribution in [2.45, 2.75) is 12.8 Å². The van der Waals surface area contributed by atoms with E-state index in [-0.39, 0.29) is 0 Å². The van der Waals surface area contributed by atoms with Crippen molar-refractivity contribution in [3.63, 3.8) is 0 Å². The van der Waals surface area contributed by atoms with Gasteiger partial charge in [-0.1, -0.05) is 29.8 Å². The Morgan fingerprint density at radius 3 is 2.83 bits per heavy atom. The molecular formula is C17H17ClN4O. The number of methoxy groups -OCH3 is 1. The number of halogens is 1. The first-order chi connectivity index (χ1) is 11.2. The fraction of sp³-hybridized carbons (Fsp3) is 0.176. The highest BCUT2D eigenvalue weighted by Crippen LogP contribution is 2.22. The van der Waals surface area contributed by atoms with Gasteiger partial charge in [0, 0.05) is 23.5 Å². The number of hydrogen-bond donors (Lipinski definition) is 2. The second-order valence-electron chi connectivity index (χ2n) is 5.02. The van der Waals surface area contributed by atoms with Gasteiger partial charge in [0.15, 0.2) is 0 Å². The molecule has 0 aliphatic heterocycles. The van der Waals surface area contributed by atoms with Gasteiger partial charge >= 0.3 is 0 Å². The Morgan fingerprint density at radius 1 is 1.13 bits per heavy atom. The maximum absolute atomic E-state index is 6.10. The fourth-order valence-electron chi connectivity index (χ4n) is 2.22. The maximum Gasteiger partial charge on any atom is 0.230 e. The van der Waals surface area contributed by atoms with Crippen LogP contribution in [0.2, 0.25) is 5.15 Å².